The van der Waals surface area contributed by atoms with Gasteiger partial charge in [-0.25, -0.2) is 0 Å². The van der Waals surface area contributed by atoms with Crippen molar-refractivity contribution in [3.8, 4) is 16.9 Å². The first-order valence-corrected chi connectivity index (χ1v) is 13.0. The number of carbonyl (C=O) groups excluding carboxylic acids is 1. The molecule has 1 heterocycles. The lowest BCUT2D eigenvalue weighted by Crippen LogP contribution is -2.46. The fraction of sp³-hybridized carbons (Fsp3) is 0.367. The molecular formula is C30H34F3N3O2. The van der Waals surface area contributed by atoms with Crippen molar-refractivity contribution in [1.29, 1.82) is 0 Å². The number of benzene rings is 3. The number of hydrogen-bond acceptors (Lipinski definition) is 4. The van der Waals surface area contributed by atoms with Gasteiger partial charge in [-0.3, -0.25) is 9.69 Å². The number of halogens is 3. The number of aryl methyl sites for hydroxylation is 1. The summed E-state index contributed by atoms with van der Waals surface area (Å²) >= 11 is 0. The van der Waals surface area contributed by atoms with E-state index in [1.165, 1.54) is 16.7 Å². The van der Waals surface area contributed by atoms with Crippen LogP contribution in [0.5, 0.6) is 5.75 Å². The van der Waals surface area contributed by atoms with Crippen LogP contribution in [0.2, 0.25) is 0 Å². The second kappa shape index (κ2) is 12.3. The van der Waals surface area contributed by atoms with Gasteiger partial charge >= 0.3 is 6.18 Å². The first kappa shape index (κ1) is 27.5. The number of ether oxygens (including phenoxy) is 1. The molecule has 3 aromatic rings. The zero-order valence-electron chi connectivity index (χ0n) is 21.9. The highest BCUT2D eigenvalue weighted by molar-refractivity contribution is 5.94. The van der Waals surface area contributed by atoms with Crippen LogP contribution >= 0.6 is 0 Å². The van der Waals surface area contributed by atoms with Crippen LogP contribution in [0.4, 0.5) is 18.9 Å². The molecular weight excluding hydrogens is 491 g/mol. The number of piperazine rings is 1. The molecule has 5 nitrogen and oxygen atoms in total. The fourth-order valence-corrected chi connectivity index (χ4v) is 4.73. The van der Waals surface area contributed by atoms with Gasteiger partial charge in [-0.2, -0.15) is 13.2 Å². The van der Waals surface area contributed by atoms with Crippen molar-refractivity contribution in [2.45, 2.75) is 33.0 Å². The van der Waals surface area contributed by atoms with Gasteiger partial charge in [0.2, 0.25) is 0 Å². The topological polar surface area (TPSA) is 44.8 Å². The minimum atomic E-state index is -4.43. The summed E-state index contributed by atoms with van der Waals surface area (Å²) in [6.45, 7) is 7.83. The second-order valence-corrected chi connectivity index (χ2v) is 9.41. The summed E-state index contributed by atoms with van der Waals surface area (Å²) in [6.07, 6.45) is -3.47. The molecule has 0 unspecified atom stereocenters. The number of hydrogen-bond donors (Lipinski definition) is 1. The van der Waals surface area contributed by atoms with E-state index in [9.17, 15) is 18.0 Å². The third-order valence-corrected chi connectivity index (χ3v) is 6.78. The minimum absolute atomic E-state index is 0.219. The number of nitrogens with one attached hydrogen (secondary N) is 1. The van der Waals surface area contributed by atoms with Gasteiger partial charge in [0.05, 0.1) is 6.61 Å². The van der Waals surface area contributed by atoms with Gasteiger partial charge in [0.1, 0.15) is 12.3 Å². The molecule has 8 heteroatoms. The molecule has 0 spiro atoms. The van der Waals surface area contributed by atoms with Crippen LogP contribution in [0.1, 0.15) is 35.3 Å². The molecule has 4 rings (SSSR count). The molecule has 0 saturated carbocycles. The maximum atomic E-state index is 12.3. The van der Waals surface area contributed by atoms with Crippen LogP contribution in [-0.2, 0) is 13.0 Å². The largest absolute Gasteiger partial charge is 0.494 e. The van der Waals surface area contributed by atoms with Crippen molar-refractivity contribution in [3.63, 3.8) is 0 Å². The number of rotatable bonds is 9. The van der Waals surface area contributed by atoms with Crippen LogP contribution in [0.15, 0.2) is 66.7 Å². The summed E-state index contributed by atoms with van der Waals surface area (Å²) in [6, 6.07) is 21.6. The van der Waals surface area contributed by atoms with Gasteiger partial charge in [-0.1, -0.05) is 37.3 Å². The van der Waals surface area contributed by atoms with Crippen LogP contribution in [0.25, 0.3) is 11.1 Å². The predicted octanol–water partition coefficient (Wildman–Crippen LogP) is 5.93. The number of anilines is 1. The zero-order chi connectivity index (χ0) is 27.1. The van der Waals surface area contributed by atoms with Gasteiger partial charge < -0.3 is 15.0 Å². The number of carbonyl (C=O) groups is 1. The van der Waals surface area contributed by atoms with Crippen LogP contribution < -0.4 is 15.0 Å². The quantitative estimate of drug-likeness (QED) is 0.376. The van der Waals surface area contributed by atoms with Crippen molar-refractivity contribution in [1.82, 2.24) is 10.2 Å². The van der Waals surface area contributed by atoms with E-state index in [2.05, 4.69) is 47.1 Å². The Balaban J connectivity index is 1.33. The molecule has 1 saturated heterocycles. The Morgan fingerprint density at radius 1 is 0.895 bits per heavy atom. The monoisotopic (exact) mass is 525 g/mol. The van der Waals surface area contributed by atoms with E-state index >= 15 is 0 Å². The minimum Gasteiger partial charge on any atom is -0.494 e. The highest BCUT2D eigenvalue weighted by Gasteiger charge is 2.28. The molecule has 0 aromatic heterocycles. The summed E-state index contributed by atoms with van der Waals surface area (Å²) in [5.74, 6) is 0.155. The van der Waals surface area contributed by atoms with E-state index in [1.54, 1.807) is 24.3 Å². The number of alkyl halides is 3. The van der Waals surface area contributed by atoms with Gasteiger partial charge in [0, 0.05) is 44.0 Å². The molecule has 1 aliphatic heterocycles. The van der Waals surface area contributed by atoms with Gasteiger partial charge in [0.25, 0.3) is 5.91 Å². The molecule has 1 aliphatic rings. The van der Waals surface area contributed by atoms with Crippen molar-refractivity contribution in [2.24, 2.45) is 0 Å². The molecule has 38 heavy (non-hydrogen) atoms. The maximum absolute atomic E-state index is 12.3. The predicted molar refractivity (Wildman–Crippen MR) is 145 cm³/mol. The average molecular weight is 526 g/mol. The first-order valence-electron chi connectivity index (χ1n) is 13.0. The lowest BCUT2D eigenvalue weighted by Gasteiger charge is -2.36. The molecule has 202 valence electrons. The van der Waals surface area contributed by atoms with Crippen molar-refractivity contribution < 1.29 is 22.7 Å². The maximum Gasteiger partial charge on any atom is 0.405 e. The Hall–Kier alpha value is -3.52. The molecule has 3 aromatic carbocycles. The summed E-state index contributed by atoms with van der Waals surface area (Å²) in [7, 11) is 0. The first-order chi connectivity index (χ1) is 18.3. The normalized spacial score (nSPS) is 14.4. The lowest BCUT2D eigenvalue weighted by molar-refractivity contribution is -0.123. The van der Waals surface area contributed by atoms with Crippen LogP contribution in [0.3, 0.4) is 0 Å². The van der Waals surface area contributed by atoms with E-state index in [-0.39, 0.29) is 5.56 Å². The molecule has 0 aliphatic carbocycles. The van der Waals surface area contributed by atoms with E-state index in [4.69, 9.17) is 4.74 Å². The molecule has 0 radical (unpaired) electrons. The SMILES string of the molecule is CCOc1cccc(-c2ccc(CN3CCN(c4ccc(C(=O)NCC(F)(F)F)cc4)CC3)c(CC)c2)c1. The third kappa shape index (κ3) is 7.28. The van der Waals surface area contributed by atoms with Gasteiger partial charge in [-0.05, 0) is 72.0 Å². The Morgan fingerprint density at radius 2 is 1.61 bits per heavy atom. The van der Waals surface area contributed by atoms with Crippen LogP contribution in [-0.4, -0.2) is 56.3 Å². The Kier molecular flexibility index (Phi) is 8.94. The number of nitrogens with zero attached hydrogens (tertiary/aromatic N) is 2. The summed E-state index contributed by atoms with van der Waals surface area (Å²) in [5.41, 5.74) is 6.19. The van der Waals surface area contributed by atoms with Gasteiger partial charge in [-0.15, -0.1) is 0 Å². The molecule has 0 bridgehead atoms. The van der Waals surface area contributed by atoms with Crippen molar-refractivity contribution in [3.05, 3.63) is 83.4 Å². The van der Waals surface area contributed by atoms with Crippen molar-refractivity contribution in [2.75, 3.05) is 44.2 Å². The molecule has 1 amide bonds. The molecule has 1 fully saturated rings. The highest BCUT2D eigenvalue weighted by atomic mass is 19.4. The standard InChI is InChI=1S/C30H34F3N3O2/c1-3-22-18-25(24-6-5-7-28(19-24)38-4-2)8-9-26(22)20-35-14-16-36(17-15-35)27-12-10-23(11-13-27)29(37)34-21-30(31,32)33/h5-13,18-19H,3-4,14-17,20-21H2,1-2H3,(H,34,37). The number of amides is 1. The average Bonchev–Trinajstić information content (AvgIpc) is 2.92. The molecule has 0 atom stereocenters. The summed E-state index contributed by atoms with van der Waals surface area (Å²) in [5, 5.41) is 1.91. The van der Waals surface area contributed by atoms with E-state index in [1.807, 2.05) is 24.4 Å². The lowest BCUT2D eigenvalue weighted by atomic mass is 9.97. The smallest absolute Gasteiger partial charge is 0.405 e. The third-order valence-electron chi connectivity index (χ3n) is 6.78. The summed E-state index contributed by atoms with van der Waals surface area (Å²) in [4.78, 5) is 16.6. The fourth-order valence-electron chi connectivity index (χ4n) is 4.73. The Morgan fingerprint density at radius 3 is 2.26 bits per heavy atom. The van der Waals surface area contributed by atoms with Crippen LogP contribution in [0, 0.1) is 0 Å². The molecule has 1 N–H and O–H groups in total. The van der Waals surface area contributed by atoms with Gasteiger partial charge in [0.15, 0.2) is 0 Å². The highest BCUT2D eigenvalue weighted by Crippen LogP contribution is 2.27. The Bertz CT molecular complexity index is 1220. The van der Waals surface area contributed by atoms with Crippen molar-refractivity contribution >= 4 is 11.6 Å². The van der Waals surface area contributed by atoms with E-state index in [0.717, 1.165) is 56.1 Å². The Labute approximate surface area is 222 Å². The van der Waals surface area contributed by atoms with E-state index < -0.39 is 18.6 Å². The zero-order valence-corrected chi connectivity index (χ0v) is 21.9. The van der Waals surface area contributed by atoms with E-state index in [0.29, 0.717) is 6.61 Å². The second-order valence-electron chi connectivity index (χ2n) is 9.41. The summed E-state index contributed by atoms with van der Waals surface area (Å²) < 4.78 is 42.7.